The fourth-order valence-electron chi connectivity index (χ4n) is 3.09. The second kappa shape index (κ2) is 5.09. The van der Waals surface area contributed by atoms with Gasteiger partial charge in [0.25, 0.3) is 11.8 Å². The van der Waals surface area contributed by atoms with Crippen LogP contribution in [0.2, 0.25) is 0 Å². The first kappa shape index (κ1) is 19.2. The summed E-state index contributed by atoms with van der Waals surface area (Å²) in [6.07, 6.45) is 1.10. The number of ketones is 1. The summed E-state index contributed by atoms with van der Waals surface area (Å²) in [6.45, 7) is 10.5. The smallest absolute Gasteiger partial charge is 0.305 e. The molecule has 0 aliphatic heterocycles. The molecule has 0 unspecified atom stereocenters. The third-order valence-corrected chi connectivity index (χ3v) is 4.51. The molecule has 1 aliphatic carbocycles. The van der Waals surface area contributed by atoms with Crippen molar-refractivity contribution in [3.8, 4) is 0 Å². The molecule has 1 N–H and O–H groups in total. The number of carbonyl (C=O) groups excluding carboxylic acids is 1. The van der Waals surface area contributed by atoms with Gasteiger partial charge in [0.15, 0.2) is 5.60 Å². The van der Waals surface area contributed by atoms with Crippen LogP contribution in [0.1, 0.15) is 48.5 Å². The Morgan fingerprint density at radius 3 is 1.83 bits per heavy atom. The summed E-state index contributed by atoms with van der Waals surface area (Å²) in [5.41, 5.74) is -6.61. The topological polar surface area (TPSA) is 124 Å². The maximum absolute atomic E-state index is 12.8. The Kier molecular flexibility index (Phi) is 4.25. The summed E-state index contributed by atoms with van der Waals surface area (Å²) in [7, 11) is 0. The van der Waals surface area contributed by atoms with Crippen molar-refractivity contribution in [2.75, 3.05) is 0 Å². The number of aliphatic hydroxyl groups is 1. The maximum Gasteiger partial charge on any atom is 0.305 e. The van der Waals surface area contributed by atoms with Gasteiger partial charge < -0.3 is 5.11 Å². The quantitative estimate of drug-likeness (QED) is 0.469. The van der Waals surface area contributed by atoms with Crippen molar-refractivity contribution < 1.29 is 19.7 Å². The molecule has 0 saturated heterocycles. The molecule has 3 atom stereocenters. The van der Waals surface area contributed by atoms with E-state index in [1.54, 1.807) is 20.8 Å². The van der Waals surface area contributed by atoms with Gasteiger partial charge in [-0.3, -0.25) is 25.0 Å². The Hall–Kier alpha value is -1.83. The molecule has 8 heteroatoms. The van der Waals surface area contributed by atoms with Crippen LogP contribution in [0.15, 0.2) is 11.6 Å². The Balaban J connectivity index is 3.96. The van der Waals surface area contributed by atoms with Gasteiger partial charge in [-0.1, -0.05) is 41.5 Å². The van der Waals surface area contributed by atoms with E-state index in [0.717, 1.165) is 13.0 Å². The van der Waals surface area contributed by atoms with E-state index >= 15 is 0 Å². The minimum absolute atomic E-state index is 0.0822. The zero-order chi connectivity index (χ0) is 18.6. The van der Waals surface area contributed by atoms with Crippen LogP contribution in [0.5, 0.6) is 0 Å². The van der Waals surface area contributed by atoms with Gasteiger partial charge in [-0.2, -0.15) is 0 Å². The van der Waals surface area contributed by atoms with Gasteiger partial charge >= 0.3 is 5.54 Å². The summed E-state index contributed by atoms with van der Waals surface area (Å²) < 4.78 is 0. The fraction of sp³-hybridized carbons (Fsp3) is 0.800. The normalized spacial score (nSPS) is 32.4. The van der Waals surface area contributed by atoms with Crippen LogP contribution in [0.25, 0.3) is 0 Å². The molecule has 23 heavy (non-hydrogen) atoms. The summed E-state index contributed by atoms with van der Waals surface area (Å²) in [5.74, 6) is -1.16. The summed E-state index contributed by atoms with van der Waals surface area (Å²) in [4.78, 5) is 34.6. The second-order valence-electron chi connectivity index (χ2n) is 8.29. The zero-order valence-electron chi connectivity index (χ0n) is 14.5. The van der Waals surface area contributed by atoms with Crippen LogP contribution < -0.4 is 0 Å². The number of hydrogen-bond acceptors (Lipinski definition) is 6. The maximum atomic E-state index is 12.8. The number of nitro groups is 2. The molecule has 1 rings (SSSR count). The van der Waals surface area contributed by atoms with Crippen molar-refractivity contribution in [3.63, 3.8) is 0 Å². The van der Waals surface area contributed by atoms with E-state index in [-0.39, 0.29) is 5.57 Å². The average Bonchev–Trinajstić information content (AvgIpc) is 2.27. The molecule has 0 fully saturated rings. The van der Waals surface area contributed by atoms with Gasteiger partial charge in [-0.05, 0) is 12.3 Å². The number of hydrogen-bond donors (Lipinski definition) is 1. The Labute approximate surface area is 134 Å². The van der Waals surface area contributed by atoms with Gasteiger partial charge in [-0.25, -0.2) is 0 Å². The van der Waals surface area contributed by atoms with Crippen LogP contribution in [0.4, 0.5) is 0 Å². The third-order valence-electron chi connectivity index (χ3n) is 4.51. The number of rotatable bonds is 2. The standard InChI is InChI=1S/C15H24N2O6/c1-12(2,3)9-8-15(17(22)23,13(4,5)6)11(18)14(7,19)10(9)16(20)21/h8,10,19H,1-7H3/t10-,14-,15-/m0/s1. The lowest BCUT2D eigenvalue weighted by atomic mass is 9.58. The number of carbonyl (C=O) groups is 1. The van der Waals surface area contributed by atoms with Crippen molar-refractivity contribution >= 4 is 5.78 Å². The predicted octanol–water partition coefficient (Wildman–Crippen LogP) is 2.00. The molecule has 8 nitrogen and oxygen atoms in total. The minimum atomic E-state index is -2.47. The van der Waals surface area contributed by atoms with E-state index in [1.807, 2.05) is 0 Å². The summed E-state index contributed by atoms with van der Waals surface area (Å²) >= 11 is 0. The van der Waals surface area contributed by atoms with E-state index in [4.69, 9.17) is 0 Å². The molecule has 0 bridgehead atoms. The van der Waals surface area contributed by atoms with E-state index in [1.165, 1.54) is 20.8 Å². The van der Waals surface area contributed by atoms with Crippen LogP contribution in [0.3, 0.4) is 0 Å². The van der Waals surface area contributed by atoms with Crippen molar-refractivity contribution in [1.29, 1.82) is 0 Å². The van der Waals surface area contributed by atoms with Crippen molar-refractivity contribution in [3.05, 3.63) is 31.9 Å². The van der Waals surface area contributed by atoms with Crippen LogP contribution in [-0.4, -0.2) is 37.9 Å². The first-order chi connectivity index (χ1) is 10.0. The van der Waals surface area contributed by atoms with Gasteiger partial charge in [0.2, 0.25) is 0 Å². The molecule has 0 aromatic heterocycles. The zero-order valence-corrected chi connectivity index (χ0v) is 14.5. The Bertz CT molecular complexity index is 594. The third kappa shape index (κ3) is 2.65. The molecule has 130 valence electrons. The van der Waals surface area contributed by atoms with Crippen LogP contribution in [0, 0.1) is 31.1 Å². The molecule has 0 saturated carbocycles. The highest BCUT2D eigenvalue weighted by molar-refractivity contribution is 5.99. The Morgan fingerprint density at radius 2 is 1.57 bits per heavy atom. The molecule has 0 radical (unpaired) electrons. The molecular weight excluding hydrogens is 304 g/mol. The predicted molar refractivity (Wildman–Crippen MR) is 83.1 cm³/mol. The molecule has 0 spiro atoms. The van der Waals surface area contributed by atoms with E-state index in [9.17, 15) is 30.1 Å². The van der Waals surface area contributed by atoms with Gasteiger partial charge in [-0.15, -0.1) is 0 Å². The summed E-state index contributed by atoms with van der Waals surface area (Å²) in [6, 6.07) is -1.72. The van der Waals surface area contributed by atoms with Gasteiger partial charge in [0.1, 0.15) is 0 Å². The highest BCUT2D eigenvalue weighted by atomic mass is 16.6. The molecular formula is C15H24N2O6. The number of Topliss-reactive ketones (excluding diaryl/α,β-unsaturated/α-hetero) is 1. The average molecular weight is 328 g/mol. The highest BCUT2D eigenvalue weighted by Gasteiger charge is 2.71. The fourth-order valence-corrected chi connectivity index (χ4v) is 3.09. The van der Waals surface area contributed by atoms with E-state index in [2.05, 4.69) is 0 Å². The second-order valence-corrected chi connectivity index (χ2v) is 8.29. The first-order valence-corrected chi connectivity index (χ1v) is 7.29. The lowest BCUT2D eigenvalue weighted by Gasteiger charge is -2.44. The largest absolute Gasteiger partial charge is 0.375 e. The van der Waals surface area contributed by atoms with Crippen molar-refractivity contribution in [2.45, 2.75) is 65.6 Å². The number of nitrogens with zero attached hydrogens (tertiary/aromatic N) is 2. The van der Waals surface area contributed by atoms with E-state index < -0.39 is 43.6 Å². The Morgan fingerprint density at radius 1 is 1.13 bits per heavy atom. The molecule has 0 heterocycles. The van der Waals surface area contributed by atoms with Crippen LogP contribution >= 0.6 is 0 Å². The SMILES string of the molecule is CC(C)(C)C1=C[C@@]([N+](=O)[O-])(C(C)(C)C)C(=O)[C@@](C)(O)[C@H]1[N+](=O)[O-]. The van der Waals surface area contributed by atoms with Crippen molar-refractivity contribution in [1.82, 2.24) is 0 Å². The van der Waals surface area contributed by atoms with Gasteiger partial charge in [0, 0.05) is 26.9 Å². The summed E-state index contributed by atoms with van der Waals surface area (Å²) in [5, 5.41) is 33.9. The lowest BCUT2D eigenvalue weighted by Crippen LogP contribution is -2.69. The highest BCUT2D eigenvalue weighted by Crippen LogP contribution is 2.48. The molecule has 0 aromatic rings. The minimum Gasteiger partial charge on any atom is -0.375 e. The molecule has 0 amide bonds. The first-order valence-electron chi connectivity index (χ1n) is 7.29. The van der Waals surface area contributed by atoms with E-state index in [0.29, 0.717) is 0 Å². The molecule has 1 aliphatic rings. The van der Waals surface area contributed by atoms with Gasteiger partial charge in [0.05, 0.1) is 0 Å². The van der Waals surface area contributed by atoms with Crippen molar-refractivity contribution in [2.24, 2.45) is 10.8 Å². The molecule has 0 aromatic carbocycles. The lowest BCUT2D eigenvalue weighted by molar-refractivity contribution is -0.568. The van der Waals surface area contributed by atoms with Crippen LogP contribution in [-0.2, 0) is 4.79 Å². The monoisotopic (exact) mass is 328 g/mol.